The Hall–Kier alpha value is -6.00. The third-order valence-electron chi connectivity index (χ3n) is 11.1. The van der Waals surface area contributed by atoms with Crippen molar-refractivity contribution in [2.24, 2.45) is 0 Å². The van der Waals surface area contributed by atoms with Crippen LogP contribution in [0.5, 0.6) is 0 Å². The largest absolute Gasteiger partial charge is 0.453 e. The van der Waals surface area contributed by atoms with E-state index in [-0.39, 0.29) is 12.1 Å². The molecular formula is C42H50N8O8. The molecule has 16 heteroatoms. The maximum absolute atomic E-state index is 13.7. The molecule has 0 radical (unpaired) electrons. The van der Waals surface area contributed by atoms with Crippen LogP contribution >= 0.6 is 0 Å². The molecule has 0 unspecified atom stereocenters. The van der Waals surface area contributed by atoms with Crippen LogP contribution in [0, 0.1) is 0 Å². The molecule has 2 fully saturated rings. The average molecular weight is 795 g/mol. The van der Waals surface area contributed by atoms with Gasteiger partial charge >= 0.3 is 12.2 Å². The molecule has 6 N–H and O–H groups in total. The highest BCUT2D eigenvalue weighted by molar-refractivity contribution is 5.89. The van der Waals surface area contributed by atoms with Crippen LogP contribution in [0.1, 0.15) is 77.1 Å². The highest BCUT2D eigenvalue weighted by atomic mass is 16.5. The van der Waals surface area contributed by atoms with Gasteiger partial charge in [-0.2, -0.15) is 0 Å². The Kier molecular flexibility index (Phi) is 10.9. The number of aromatic amines is 2. The molecule has 2 aromatic heterocycles. The van der Waals surface area contributed by atoms with E-state index in [1.54, 1.807) is 9.80 Å². The lowest BCUT2D eigenvalue weighted by atomic mass is 9.97. The molecule has 4 heterocycles. The third kappa shape index (κ3) is 8.07. The number of rotatable bonds is 10. The van der Waals surface area contributed by atoms with E-state index < -0.39 is 47.3 Å². The first kappa shape index (κ1) is 40.2. The first-order valence-electron chi connectivity index (χ1n) is 19.4. The summed E-state index contributed by atoms with van der Waals surface area (Å²) in [7, 11) is 2.41. The van der Waals surface area contributed by atoms with Crippen LogP contribution < -0.4 is 10.6 Å². The van der Waals surface area contributed by atoms with E-state index in [0.29, 0.717) is 37.6 Å². The Morgan fingerprint density at radius 2 is 1.02 bits per heavy atom. The van der Waals surface area contributed by atoms with Crippen molar-refractivity contribution in [3.63, 3.8) is 0 Å². The summed E-state index contributed by atoms with van der Waals surface area (Å²) in [6, 6.07) is 17.1. The number of nitrogens with one attached hydrogen (secondary N) is 4. The standard InChI is InChI=1S/C42H50N8O8/c1-41(2,55)33(47-39(53)57-5)37(51)49-19-7-9-31(49)35-43-27-17-15-25(21-29(27)45-35)23-11-13-24(14-12-23)26-16-18-28-30(22-26)46-36(44-28)32-10-8-20-50(32)38(52)34(42(3,4)56)48-40(54)58-6/h11-18,21-22,31-34,55-56H,7-10,19-20H2,1-6H3,(H,43,45)(H,44,46)(H,47,53)(H,48,54)/t31-,32-,33+,34+/m0/s1. The van der Waals surface area contributed by atoms with E-state index in [0.717, 1.165) is 57.2 Å². The monoisotopic (exact) mass is 794 g/mol. The van der Waals surface area contributed by atoms with Gasteiger partial charge in [0.05, 0.1) is 59.6 Å². The summed E-state index contributed by atoms with van der Waals surface area (Å²) in [4.78, 5) is 71.2. The molecule has 2 saturated heterocycles. The van der Waals surface area contributed by atoms with Gasteiger partial charge in [0.1, 0.15) is 23.7 Å². The zero-order valence-corrected chi connectivity index (χ0v) is 33.5. The minimum Gasteiger partial charge on any atom is -0.453 e. The zero-order chi connectivity index (χ0) is 41.5. The van der Waals surface area contributed by atoms with Crippen LogP contribution in [0.2, 0.25) is 0 Å². The lowest BCUT2D eigenvalue weighted by molar-refractivity contribution is -0.141. The van der Waals surface area contributed by atoms with Crippen LogP contribution in [-0.4, -0.2) is 115 Å². The number of hydrogen-bond acceptors (Lipinski definition) is 10. The van der Waals surface area contributed by atoms with Crippen LogP contribution in [-0.2, 0) is 19.1 Å². The van der Waals surface area contributed by atoms with Crippen LogP contribution in [0.25, 0.3) is 44.3 Å². The number of imidazole rings is 2. The number of hydrogen-bond donors (Lipinski definition) is 6. The molecule has 0 bridgehead atoms. The van der Waals surface area contributed by atoms with E-state index in [9.17, 15) is 29.4 Å². The highest BCUT2D eigenvalue weighted by Crippen LogP contribution is 2.36. The van der Waals surface area contributed by atoms with Gasteiger partial charge in [-0.3, -0.25) is 9.59 Å². The topological polar surface area (TPSA) is 215 Å². The predicted octanol–water partition coefficient (Wildman–Crippen LogP) is 5.09. The molecule has 2 aliphatic rings. The fourth-order valence-electron chi connectivity index (χ4n) is 7.98. The minimum atomic E-state index is -1.52. The quantitative estimate of drug-likeness (QED) is 0.110. The molecule has 3 aromatic carbocycles. The van der Waals surface area contributed by atoms with Crippen LogP contribution in [0.3, 0.4) is 0 Å². The number of H-pyrrole nitrogens is 2. The molecule has 2 aliphatic heterocycles. The summed E-state index contributed by atoms with van der Waals surface area (Å²) < 4.78 is 9.40. The Morgan fingerprint density at radius 1 is 0.655 bits per heavy atom. The fourth-order valence-corrected chi connectivity index (χ4v) is 7.98. The van der Waals surface area contributed by atoms with Crippen molar-refractivity contribution in [1.29, 1.82) is 0 Å². The van der Waals surface area contributed by atoms with Crippen LogP contribution in [0.4, 0.5) is 9.59 Å². The molecule has 5 aromatic rings. The van der Waals surface area contributed by atoms with E-state index in [1.807, 2.05) is 36.4 Å². The van der Waals surface area contributed by atoms with Crippen LogP contribution in [0.15, 0.2) is 60.7 Å². The molecular weight excluding hydrogens is 745 g/mol. The molecule has 0 aliphatic carbocycles. The summed E-state index contributed by atoms with van der Waals surface area (Å²) in [6.45, 7) is 6.82. The predicted molar refractivity (Wildman–Crippen MR) is 215 cm³/mol. The second kappa shape index (κ2) is 15.7. The van der Waals surface area contributed by atoms with E-state index in [2.05, 4.69) is 44.9 Å². The molecule has 4 atom stereocenters. The number of nitrogens with zero attached hydrogens (tertiary/aromatic N) is 4. The normalized spacial score (nSPS) is 18.3. The third-order valence-corrected chi connectivity index (χ3v) is 11.1. The molecule has 0 spiro atoms. The van der Waals surface area contributed by atoms with Gasteiger partial charge in [-0.05, 0) is 99.9 Å². The van der Waals surface area contributed by atoms with Gasteiger partial charge in [-0.25, -0.2) is 19.6 Å². The van der Waals surface area contributed by atoms with Gasteiger partial charge in [0, 0.05) is 13.1 Å². The van der Waals surface area contributed by atoms with Crippen molar-refractivity contribution < 1.29 is 38.9 Å². The SMILES string of the molecule is COC(=O)N[C@H](C(=O)N1CCC[C@H]1c1nc2ccc(-c3ccc(-c4ccc5nc([C@@H]6CCCN6C(=O)[C@@H](NC(=O)OC)C(C)(C)O)[nH]c5c4)cc3)cc2[nH]1)C(C)(C)O. The molecule has 58 heavy (non-hydrogen) atoms. The van der Waals surface area contributed by atoms with Crippen molar-refractivity contribution in [1.82, 2.24) is 40.4 Å². The van der Waals surface area contributed by atoms with Gasteiger partial charge < -0.3 is 50.1 Å². The summed E-state index contributed by atoms with van der Waals surface area (Å²) in [5.41, 5.74) is 4.08. The van der Waals surface area contributed by atoms with Crippen molar-refractivity contribution in [3.8, 4) is 22.3 Å². The number of alkyl carbamates (subject to hydrolysis) is 2. The number of methoxy groups -OCH3 is 2. The van der Waals surface area contributed by atoms with Crippen molar-refractivity contribution in [3.05, 3.63) is 72.3 Å². The number of fused-ring (bicyclic) bond motifs is 2. The van der Waals surface area contributed by atoms with E-state index >= 15 is 0 Å². The lowest BCUT2D eigenvalue weighted by Crippen LogP contribution is -2.58. The Morgan fingerprint density at radius 3 is 1.36 bits per heavy atom. The fraction of sp³-hybridized carbons (Fsp3) is 0.429. The second-order valence-corrected chi connectivity index (χ2v) is 16.1. The molecule has 0 saturated carbocycles. The van der Waals surface area contributed by atoms with Crippen molar-refractivity contribution in [2.45, 2.75) is 88.7 Å². The minimum absolute atomic E-state index is 0.351. The summed E-state index contributed by atoms with van der Waals surface area (Å²) in [6.07, 6.45) is 1.26. The summed E-state index contributed by atoms with van der Waals surface area (Å²) >= 11 is 0. The second-order valence-electron chi connectivity index (χ2n) is 16.1. The smallest absolute Gasteiger partial charge is 0.407 e. The summed E-state index contributed by atoms with van der Waals surface area (Å²) in [5, 5.41) is 26.4. The number of likely N-dealkylation sites (tertiary alicyclic amines) is 2. The van der Waals surface area contributed by atoms with Crippen molar-refractivity contribution >= 4 is 46.1 Å². The highest BCUT2D eigenvalue weighted by Gasteiger charge is 2.44. The van der Waals surface area contributed by atoms with Crippen molar-refractivity contribution in [2.75, 3.05) is 27.3 Å². The number of amides is 4. The first-order valence-corrected chi connectivity index (χ1v) is 19.4. The summed E-state index contributed by atoms with van der Waals surface area (Å²) in [5.74, 6) is 0.459. The van der Waals surface area contributed by atoms with Gasteiger partial charge in [0.2, 0.25) is 11.8 Å². The molecule has 4 amide bonds. The number of aliphatic hydroxyl groups is 2. The lowest BCUT2D eigenvalue weighted by Gasteiger charge is -2.34. The molecule has 16 nitrogen and oxygen atoms in total. The molecule has 306 valence electrons. The average Bonchev–Trinajstić information content (AvgIpc) is 4.02. The Labute approximate surface area is 335 Å². The number of aromatic nitrogens is 4. The van der Waals surface area contributed by atoms with Gasteiger partial charge in [0.15, 0.2) is 0 Å². The number of carbonyl (C=O) groups is 4. The van der Waals surface area contributed by atoms with E-state index in [1.165, 1.54) is 41.9 Å². The number of ether oxygens (including phenoxy) is 2. The van der Waals surface area contributed by atoms with Gasteiger partial charge in [-0.1, -0.05) is 36.4 Å². The number of carbonyl (C=O) groups excluding carboxylic acids is 4. The first-order chi connectivity index (χ1) is 27.5. The zero-order valence-electron chi connectivity index (χ0n) is 33.5. The van der Waals surface area contributed by atoms with Gasteiger partial charge in [0.25, 0.3) is 0 Å². The van der Waals surface area contributed by atoms with E-state index in [4.69, 9.17) is 19.4 Å². The maximum Gasteiger partial charge on any atom is 0.407 e. The Bertz CT molecular complexity index is 2180. The Balaban J connectivity index is 1.07. The maximum atomic E-state index is 13.7. The molecule has 7 rings (SSSR count). The number of benzene rings is 3. The van der Waals surface area contributed by atoms with Gasteiger partial charge in [-0.15, -0.1) is 0 Å².